The van der Waals surface area contributed by atoms with Crippen molar-refractivity contribution in [2.75, 3.05) is 0 Å². The van der Waals surface area contributed by atoms with Crippen molar-refractivity contribution in [3.63, 3.8) is 0 Å². The summed E-state index contributed by atoms with van der Waals surface area (Å²) in [5.74, 6) is 2.13. The van der Waals surface area contributed by atoms with Gasteiger partial charge in [0.05, 0.1) is 5.54 Å². The van der Waals surface area contributed by atoms with E-state index in [1.807, 2.05) is 30.0 Å². The molecule has 4 nitrogen and oxygen atoms in total. The number of benzene rings is 2. The number of nitrogens with zero attached hydrogens (tertiary/aromatic N) is 2. The minimum absolute atomic E-state index is 0. The molecule has 4 rings (SSSR count). The van der Waals surface area contributed by atoms with Crippen LogP contribution in [-0.2, 0) is 11.3 Å². The molecule has 130 valence electrons. The highest BCUT2D eigenvalue weighted by molar-refractivity contribution is 7.98. The van der Waals surface area contributed by atoms with Crippen LogP contribution in [0.1, 0.15) is 30.7 Å². The second-order valence-electron chi connectivity index (χ2n) is 6.23. The van der Waals surface area contributed by atoms with Crippen molar-refractivity contribution < 1.29 is 4.52 Å². The minimum atomic E-state index is -0.382. The molecular weight excluding hydrogens is 354 g/mol. The lowest BCUT2D eigenvalue weighted by molar-refractivity contribution is 0.229. The maximum absolute atomic E-state index is 6.25. The molecule has 1 saturated carbocycles. The average molecular weight is 374 g/mol. The van der Waals surface area contributed by atoms with E-state index in [1.165, 1.54) is 10.5 Å². The molecule has 1 aromatic heterocycles. The number of rotatable bonds is 5. The summed E-state index contributed by atoms with van der Waals surface area (Å²) in [5.41, 5.74) is 8.12. The van der Waals surface area contributed by atoms with Crippen LogP contribution in [0, 0.1) is 0 Å². The van der Waals surface area contributed by atoms with Gasteiger partial charge < -0.3 is 10.3 Å². The molecule has 0 spiro atoms. The Bertz CT molecular complexity index is 816. The Morgan fingerprint density at radius 1 is 1.04 bits per heavy atom. The van der Waals surface area contributed by atoms with Gasteiger partial charge >= 0.3 is 0 Å². The quantitative estimate of drug-likeness (QED) is 0.651. The molecule has 25 heavy (non-hydrogen) atoms. The van der Waals surface area contributed by atoms with Crippen LogP contribution in [0.15, 0.2) is 64.0 Å². The zero-order valence-corrected chi connectivity index (χ0v) is 15.4. The molecule has 2 aromatic carbocycles. The highest BCUT2D eigenvalue weighted by Gasteiger charge is 2.39. The van der Waals surface area contributed by atoms with Gasteiger partial charge in [-0.3, -0.25) is 0 Å². The van der Waals surface area contributed by atoms with Gasteiger partial charge in [-0.2, -0.15) is 4.98 Å². The first-order valence-corrected chi connectivity index (χ1v) is 9.12. The SMILES string of the molecule is Cl.NC1(c2noc(-c3ccc(SCc4ccccc4)cc3)n2)CCC1. The van der Waals surface area contributed by atoms with E-state index < -0.39 is 0 Å². The van der Waals surface area contributed by atoms with Gasteiger partial charge in [0, 0.05) is 16.2 Å². The Labute approximate surface area is 157 Å². The van der Waals surface area contributed by atoms with E-state index in [2.05, 4.69) is 46.5 Å². The van der Waals surface area contributed by atoms with E-state index in [-0.39, 0.29) is 17.9 Å². The van der Waals surface area contributed by atoms with Crippen molar-refractivity contribution in [3.8, 4) is 11.5 Å². The van der Waals surface area contributed by atoms with Crippen LogP contribution in [0.4, 0.5) is 0 Å². The highest BCUT2D eigenvalue weighted by atomic mass is 35.5. The third kappa shape index (κ3) is 3.89. The van der Waals surface area contributed by atoms with E-state index >= 15 is 0 Å². The average Bonchev–Trinajstić information content (AvgIpc) is 3.10. The van der Waals surface area contributed by atoms with Gasteiger partial charge in [-0.05, 0) is 49.1 Å². The molecule has 3 aromatic rings. The van der Waals surface area contributed by atoms with Crippen LogP contribution in [0.25, 0.3) is 11.5 Å². The highest BCUT2D eigenvalue weighted by Crippen LogP contribution is 2.37. The summed E-state index contributed by atoms with van der Waals surface area (Å²) in [5, 5.41) is 4.07. The summed E-state index contributed by atoms with van der Waals surface area (Å²) < 4.78 is 5.39. The molecule has 0 unspecified atom stereocenters. The zero-order chi connectivity index (χ0) is 16.4. The van der Waals surface area contributed by atoms with E-state index in [0.29, 0.717) is 11.7 Å². The standard InChI is InChI=1S/C19H19N3OS.ClH/c20-19(11-4-12-19)18-21-17(23-22-18)15-7-9-16(10-8-15)24-13-14-5-2-1-3-6-14;/h1-3,5-10H,4,11-13,20H2;1H. The third-order valence-electron chi connectivity index (χ3n) is 4.47. The van der Waals surface area contributed by atoms with Crippen molar-refractivity contribution in [1.82, 2.24) is 10.1 Å². The third-order valence-corrected chi connectivity index (χ3v) is 5.55. The van der Waals surface area contributed by atoms with E-state index in [0.717, 1.165) is 30.6 Å². The fraction of sp³-hybridized carbons (Fsp3) is 0.263. The normalized spacial score (nSPS) is 15.2. The number of thioether (sulfide) groups is 1. The molecule has 1 fully saturated rings. The predicted molar refractivity (Wildman–Crippen MR) is 103 cm³/mol. The van der Waals surface area contributed by atoms with Gasteiger partial charge in [0.1, 0.15) is 0 Å². The molecule has 0 amide bonds. The van der Waals surface area contributed by atoms with Crippen LogP contribution >= 0.6 is 24.2 Å². The second kappa shape index (κ2) is 7.60. The summed E-state index contributed by atoms with van der Waals surface area (Å²) in [6.07, 6.45) is 3.00. The van der Waals surface area contributed by atoms with Gasteiger partial charge in [-0.15, -0.1) is 24.2 Å². The van der Waals surface area contributed by atoms with Crippen LogP contribution < -0.4 is 5.73 Å². The summed E-state index contributed by atoms with van der Waals surface area (Å²) in [4.78, 5) is 5.71. The Balaban J connectivity index is 0.00000182. The number of nitrogens with two attached hydrogens (primary N) is 1. The lowest BCUT2D eigenvalue weighted by atomic mass is 9.77. The smallest absolute Gasteiger partial charge is 0.257 e. The number of hydrogen-bond donors (Lipinski definition) is 1. The second-order valence-corrected chi connectivity index (χ2v) is 7.28. The Kier molecular flexibility index (Phi) is 5.47. The number of halogens is 1. The lowest BCUT2D eigenvalue weighted by Crippen LogP contribution is -2.44. The van der Waals surface area contributed by atoms with Gasteiger partial charge in [-0.1, -0.05) is 35.5 Å². The summed E-state index contributed by atoms with van der Waals surface area (Å²) in [6.45, 7) is 0. The van der Waals surface area contributed by atoms with Crippen molar-refractivity contribution in [2.24, 2.45) is 5.73 Å². The lowest BCUT2D eigenvalue weighted by Gasteiger charge is -2.34. The molecule has 0 aliphatic heterocycles. The number of hydrogen-bond acceptors (Lipinski definition) is 5. The van der Waals surface area contributed by atoms with Crippen LogP contribution in [0.3, 0.4) is 0 Å². The summed E-state index contributed by atoms with van der Waals surface area (Å²) >= 11 is 1.81. The van der Waals surface area contributed by atoms with E-state index in [1.54, 1.807) is 0 Å². The fourth-order valence-corrected chi connectivity index (χ4v) is 3.61. The van der Waals surface area contributed by atoms with Gasteiger partial charge in [0.15, 0.2) is 5.82 Å². The molecule has 6 heteroatoms. The molecule has 0 bridgehead atoms. The minimum Gasteiger partial charge on any atom is -0.334 e. The number of aromatic nitrogens is 2. The monoisotopic (exact) mass is 373 g/mol. The Morgan fingerprint density at radius 3 is 2.40 bits per heavy atom. The maximum Gasteiger partial charge on any atom is 0.257 e. The topological polar surface area (TPSA) is 64.9 Å². The Morgan fingerprint density at radius 2 is 1.76 bits per heavy atom. The molecular formula is C19H20ClN3OS. The molecule has 1 aliphatic rings. The molecule has 0 atom stereocenters. The first kappa shape index (κ1) is 18.0. The fourth-order valence-electron chi connectivity index (χ4n) is 2.76. The molecule has 0 saturated heterocycles. The van der Waals surface area contributed by atoms with E-state index in [9.17, 15) is 0 Å². The summed E-state index contributed by atoms with van der Waals surface area (Å²) in [6, 6.07) is 18.7. The van der Waals surface area contributed by atoms with Crippen LogP contribution in [0.5, 0.6) is 0 Å². The predicted octanol–water partition coefficient (Wildman–Crippen LogP) is 4.79. The van der Waals surface area contributed by atoms with Crippen LogP contribution in [0.2, 0.25) is 0 Å². The first-order chi connectivity index (χ1) is 11.7. The molecule has 1 aliphatic carbocycles. The molecule has 2 N–H and O–H groups in total. The van der Waals surface area contributed by atoms with Crippen molar-refractivity contribution >= 4 is 24.2 Å². The van der Waals surface area contributed by atoms with Crippen LogP contribution in [-0.4, -0.2) is 10.1 Å². The van der Waals surface area contributed by atoms with Crippen molar-refractivity contribution in [1.29, 1.82) is 0 Å². The Hall–Kier alpha value is -1.82. The van der Waals surface area contributed by atoms with Gasteiger partial charge in [0.2, 0.25) is 0 Å². The van der Waals surface area contributed by atoms with E-state index in [4.69, 9.17) is 10.3 Å². The maximum atomic E-state index is 6.25. The zero-order valence-electron chi connectivity index (χ0n) is 13.7. The largest absolute Gasteiger partial charge is 0.334 e. The summed E-state index contributed by atoms with van der Waals surface area (Å²) in [7, 11) is 0. The molecule has 0 radical (unpaired) electrons. The van der Waals surface area contributed by atoms with Gasteiger partial charge in [0.25, 0.3) is 5.89 Å². The van der Waals surface area contributed by atoms with Gasteiger partial charge in [-0.25, -0.2) is 0 Å². The molecule has 1 heterocycles. The van der Waals surface area contributed by atoms with Crippen molar-refractivity contribution in [3.05, 3.63) is 66.0 Å². The van der Waals surface area contributed by atoms with Crippen molar-refractivity contribution in [2.45, 2.75) is 35.4 Å². The first-order valence-electron chi connectivity index (χ1n) is 8.13.